The van der Waals surface area contributed by atoms with Crippen molar-refractivity contribution in [1.82, 2.24) is 0 Å². The van der Waals surface area contributed by atoms with Crippen molar-refractivity contribution in [2.45, 2.75) is 40.0 Å². The standard InChI is InChI=1S/C15H20O7Si/c1-4-13(16)20-23(21-14(17)5-2,22-15(18)6-3)19-12-10-8-7-9-11-12/h7-11H,4-6H2,1-3H3. The van der Waals surface area contributed by atoms with Gasteiger partial charge in [0.15, 0.2) is 0 Å². The molecule has 0 aliphatic rings. The van der Waals surface area contributed by atoms with Gasteiger partial charge in [0.1, 0.15) is 5.75 Å². The molecule has 1 aromatic carbocycles. The zero-order chi connectivity index (χ0) is 17.3. The molecular weight excluding hydrogens is 320 g/mol. The van der Waals surface area contributed by atoms with Crippen molar-refractivity contribution in [2.24, 2.45) is 0 Å². The zero-order valence-corrected chi connectivity index (χ0v) is 14.4. The minimum Gasteiger partial charge on any atom is -0.452 e. The van der Waals surface area contributed by atoms with Crippen molar-refractivity contribution < 1.29 is 32.1 Å². The Labute approximate surface area is 136 Å². The third-order valence-corrected chi connectivity index (χ3v) is 4.49. The molecular formula is C15H20O7Si. The largest absolute Gasteiger partial charge is 0.972 e. The second kappa shape index (κ2) is 8.94. The molecule has 23 heavy (non-hydrogen) atoms. The van der Waals surface area contributed by atoms with E-state index in [-0.39, 0.29) is 25.0 Å². The van der Waals surface area contributed by atoms with Crippen LogP contribution in [0.25, 0.3) is 0 Å². The molecule has 126 valence electrons. The van der Waals surface area contributed by atoms with E-state index in [1.807, 2.05) is 0 Å². The molecule has 0 saturated heterocycles. The van der Waals surface area contributed by atoms with Gasteiger partial charge >= 0.3 is 9.05 Å². The SMILES string of the molecule is CCC(=O)O[Si](OC(=O)CC)(OC(=O)CC)Oc1ccccc1. The average Bonchev–Trinajstić information content (AvgIpc) is 2.55. The van der Waals surface area contributed by atoms with E-state index in [0.717, 1.165) is 0 Å². The van der Waals surface area contributed by atoms with Gasteiger partial charge in [0, 0.05) is 19.3 Å². The number of hydrogen-bond acceptors (Lipinski definition) is 7. The molecule has 8 heteroatoms. The minimum absolute atomic E-state index is 0.0141. The molecule has 0 spiro atoms. The van der Waals surface area contributed by atoms with Crippen molar-refractivity contribution >= 4 is 27.0 Å². The molecule has 0 aliphatic heterocycles. The lowest BCUT2D eigenvalue weighted by Crippen LogP contribution is -2.55. The van der Waals surface area contributed by atoms with E-state index in [1.54, 1.807) is 51.1 Å². The highest BCUT2D eigenvalue weighted by atomic mass is 28.4. The normalized spacial score (nSPS) is 10.6. The smallest absolute Gasteiger partial charge is 0.452 e. The fourth-order valence-corrected chi connectivity index (χ4v) is 3.34. The minimum atomic E-state index is -4.34. The van der Waals surface area contributed by atoms with Crippen LogP contribution in [0.3, 0.4) is 0 Å². The molecule has 0 bridgehead atoms. The lowest BCUT2D eigenvalue weighted by Gasteiger charge is -2.25. The Hall–Kier alpha value is -2.35. The summed E-state index contributed by atoms with van der Waals surface area (Å²) in [5.41, 5.74) is 0. The third-order valence-electron chi connectivity index (χ3n) is 2.57. The number of carbonyl (C=O) groups is 3. The molecule has 0 aromatic heterocycles. The van der Waals surface area contributed by atoms with E-state index in [0.29, 0.717) is 0 Å². The summed E-state index contributed by atoms with van der Waals surface area (Å²) in [5.74, 6) is -1.82. The summed E-state index contributed by atoms with van der Waals surface area (Å²) in [7, 11) is -4.34. The first-order valence-corrected chi connectivity index (χ1v) is 8.97. The molecule has 1 rings (SSSR count). The van der Waals surface area contributed by atoms with Crippen LogP contribution in [0.5, 0.6) is 5.75 Å². The van der Waals surface area contributed by atoms with E-state index in [4.69, 9.17) is 17.7 Å². The highest BCUT2D eigenvalue weighted by molar-refractivity contribution is 6.60. The van der Waals surface area contributed by atoms with Crippen LogP contribution in [0.2, 0.25) is 0 Å². The Kier molecular flexibility index (Phi) is 7.26. The Bertz CT molecular complexity index is 498. The highest BCUT2D eigenvalue weighted by Gasteiger charge is 2.61. The summed E-state index contributed by atoms with van der Waals surface area (Å²) >= 11 is 0. The van der Waals surface area contributed by atoms with Crippen LogP contribution >= 0.6 is 0 Å². The lowest BCUT2D eigenvalue weighted by atomic mass is 10.3. The first-order valence-electron chi connectivity index (χ1n) is 7.34. The number of hydrogen-bond donors (Lipinski definition) is 0. The molecule has 0 aliphatic carbocycles. The lowest BCUT2D eigenvalue weighted by molar-refractivity contribution is -0.155. The molecule has 0 N–H and O–H groups in total. The second-order valence-electron chi connectivity index (χ2n) is 4.40. The van der Waals surface area contributed by atoms with Crippen LogP contribution in [0.1, 0.15) is 40.0 Å². The molecule has 0 saturated carbocycles. The van der Waals surface area contributed by atoms with Crippen LogP contribution in [0.4, 0.5) is 0 Å². The second-order valence-corrected chi connectivity index (χ2v) is 6.21. The Morgan fingerprint density at radius 3 is 1.52 bits per heavy atom. The molecule has 0 fully saturated rings. The summed E-state index contributed by atoms with van der Waals surface area (Å²) in [4.78, 5) is 35.1. The quantitative estimate of drug-likeness (QED) is 0.671. The van der Waals surface area contributed by atoms with Gasteiger partial charge in [-0.15, -0.1) is 0 Å². The number of carbonyl (C=O) groups excluding carboxylic acids is 3. The van der Waals surface area contributed by atoms with Gasteiger partial charge in [0.05, 0.1) is 0 Å². The summed E-state index contributed by atoms with van der Waals surface area (Å²) in [5, 5.41) is 0. The van der Waals surface area contributed by atoms with E-state index < -0.39 is 27.0 Å². The molecule has 0 radical (unpaired) electrons. The highest BCUT2D eigenvalue weighted by Crippen LogP contribution is 2.20. The summed E-state index contributed by atoms with van der Waals surface area (Å²) in [6.45, 7) is 4.69. The topological polar surface area (TPSA) is 88.1 Å². The predicted octanol–water partition coefficient (Wildman–Crippen LogP) is 2.36. The van der Waals surface area contributed by atoms with Gasteiger partial charge in [-0.3, -0.25) is 14.4 Å². The van der Waals surface area contributed by atoms with Gasteiger partial charge in [-0.1, -0.05) is 39.0 Å². The van der Waals surface area contributed by atoms with Crippen LogP contribution in [0.15, 0.2) is 30.3 Å². The molecule has 0 amide bonds. The maximum Gasteiger partial charge on any atom is 0.972 e. The summed E-state index contributed by atoms with van der Waals surface area (Å²) < 4.78 is 20.9. The van der Waals surface area contributed by atoms with Gasteiger partial charge in [-0.05, 0) is 12.1 Å². The molecule has 7 nitrogen and oxygen atoms in total. The van der Waals surface area contributed by atoms with Gasteiger partial charge in [-0.2, -0.15) is 0 Å². The Balaban J connectivity index is 3.16. The van der Waals surface area contributed by atoms with Crippen LogP contribution in [-0.2, 0) is 27.7 Å². The van der Waals surface area contributed by atoms with Crippen LogP contribution in [0, 0.1) is 0 Å². The van der Waals surface area contributed by atoms with Gasteiger partial charge in [0.2, 0.25) is 0 Å². The van der Waals surface area contributed by atoms with Crippen molar-refractivity contribution in [3.63, 3.8) is 0 Å². The van der Waals surface area contributed by atoms with Crippen molar-refractivity contribution in [1.29, 1.82) is 0 Å². The maximum atomic E-state index is 11.7. The predicted molar refractivity (Wildman–Crippen MR) is 82.0 cm³/mol. The molecule has 0 atom stereocenters. The number of benzene rings is 1. The number of para-hydroxylation sites is 1. The summed E-state index contributed by atoms with van der Waals surface area (Å²) in [6.07, 6.45) is 0.0424. The van der Waals surface area contributed by atoms with Gasteiger partial charge < -0.3 is 17.7 Å². The van der Waals surface area contributed by atoms with E-state index in [2.05, 4.69) is 0 Å². The van der Waals surface area contributed by atoms with Crippen LogP contribution < -0.4 is 4.43 Å². The molecule has 0 unspecified atom stereocenters. The van der Waals surface area contributed by atoms with E-state index in [1.165, 1.54) is 0 Å². The van der Waals surface area contributed by atoms with Gasteiger partial charge in [-0.25, -0.2) is 0 Å². The maximum absolute atomic E-state index is 11.7. The molecule has 1 aromatic rings. The Morgan fingerprint density at radius 2 is 1.17 bits per heavy atom. The van der Waals surface area contributed by atoms with E-state index in [9.17, 15) is 14.4 Å². The van der Waals surface area contributed by atoms with E-state index >= 15 is 0 Å². The van der Waals surface area contributed by atoms with Gasteiger partial charge in [0.25, 0.3) is 17.9 Å². The average molecular weight is 340 g/mol. The number of rotatable bonds is 8. The third kappa shape index (κ3) is 6.11. The van der Waals surface area contributed by atoms with Crippen LogP contribution in [-0.4, -0.2) is 27.0 Å². The van der Waals surface area contributed by atoms with Crippen molar-refractivity contribution in [2.75, 3.05) is 0 Å². The first-order chi connectivity index (χ1) is 10.9. The van der Waals surface area contributed by atoms with Crippen molar-refractivity contribution in [3.8, 4) is 5.75 Å². The monoisotopic (exact) mass is 340 g/mol. The Morgan fingerprint density at radius 1 is 0.783 bits per heavy atom. The fraction of sp³-hybridized carbons (Fsp3) is 0.400. The molecule has 0 heterocycles. The van der Waals surface area contributed by atoms with Crippen molar-refractivity contribution in [3.05, 3.63) is 30.3 Å². The summed E-state index contributed by atoms with van der Waals surface area (Å²) in [6, 6.07) is 8.26. The fourth-order valence-electron chi connectivity index (χ4n) is 1.39. The zero-order valence-electron chi connectivity index (χ0n) is 13.4. The first kappa shape index (κ1) is 18.7.